The largest absolute Gasteiger partial charge is 0.450 e. The lowest BCUT2D eigenvalue weighted by Gasteiger charge is -2.28. The molecule has 0 aliphatic carbocycles. The van der Waals surface area contributed by atoms with Crippen LogP contribution in [-0.4, -0.2) is 41.9 Å². The Morgan fingerprint density at radius 2 is 1.67 bits per heavy atom. The topological polar surface area (TPSA) is 53.8 Å². The quantitative estimate of drug-likeness (QED) is 0.615. The van der Waals surface area contributed by atoms with Gasteiger partial charge in [0.15, 0.2) is 5.43 Å². The summed E-state index contributed by atoms with van der Waals surface area (Å²) >= 11 is 0. The summed E-state index contributed by atoms with van der Waals surface area (Å²) in [4.78, 5) is 31.0. The van der Waals surface area contributed by atoms with Gasteiger partial charge in [0.2, 0.25) is 5.76 Å². The third kappa shape index (κ3) is 3.33. The Morgan fingerprint density at radius 3 is 2.33 bits per heavy atom. The number of hydrogen-bond donors (Lipinski definition) is 0. The summed E-state index contributed by atoms with van der Waals surface area (Å²) in [6.45, 7) is 11.3. The number of benzene rings is 2. The average Bonchev–Trinajstić information content (AvgIpc) is 3.03. The fraction of sp³-hybridized carbons (Fsp3) is 0.360. The molecule has 5 nitrogen and oxygen atoms in total. The molecule has 0 saturated carbocycles. The van der Waals surface area contributed by atoms with E-state index in [0.29, 0.717) is 23.1 Å². The number of carbonyl (C=O) groups is 1. The number of likely N-dealkylation sites (N-methyl/N-ethyl adjacent to an activating group) is 1. The van der Waals surface area contributed by atoms with E-state index in [1.54, 1.807) is 4.90 Å². The number of aryl methyl sites for hydroxylation is 2. The van der Waals surface area contributed by atoms with Gasteiger partial charge < -0.3 is 14.2 Å². The molecule has 2 heterocycles. The van der Waals surface area contributed by atoms with Crippen molar-refractivity contribution in [1.82, 2.24) is 9.80 Å². The summed E-state index contributed by atoms with van der Waals surface area (Å²) in [5, 5.41) is 0.538. The molecule has 0 spiro atoms. The molecule has 30 heavy (non-hydrogen) atoms. The Balaban J connectivity index is 1.89. The van der Waals surface area contributed by atoms with E-state index in [4.69, 9.17) is 4.42 Å². The highest BCUT2D eigenvalue weighted by Gasteiger charge is 2.42. The first kappa shape index (κ1) is 20.4. The van der Waals surface area contributed by atoms with E-state index in [0.717, 1.165) is 36.3 Å². The summed E-state index contributed by atoms with van der Waals surface area (Å²) in [6, 6.07) is 13.1. The molecule has 0 saturated heterocycles. The summed E-state index contributed by atoms with van der Waals surface area (Å²) in [5.41, 5.74) is 3.83. The molecule has 1 amide bonds. The zero-order valence-electron chi connectivity index (χ0n) is 18.1. The molecule has 0 fully saturated rings. The van der Waals surface area contributed by atoms with Gasteiger partial charge in [0.25, 0.3) is 5.91 Å². The molecule has 1 unspecified atom stereocenters. The first-order valence-electron chi connectivity index (χ1n) is 10.6. The van der Waals surface area contributed by atoms with Crippen molar-refractivity contribution >= 4 is 16.9 Å². The molecule has 0 radical (unpaired) electrons. The van der Waals surface area contributed by atoms with E-state index in [2.05, 4.69) is 18.7 Å². The number of nitrogens with zero attached hydrogens (tertiary/aromatic N) is 2. The van der Waals surface area contributed by atoms with Gasteiger partial charge in [-0.2, -0.15) is 0 Å². The van der Waals surface area contributed by atoms with Gasteiger partial charge in [0, 0.05) is 13.1 Å². The lowest BCUT2D eigenvalue weighted by molar-refractivity contribution is 0.0708. The number of rotatable bonds is 6. The average molecular weight is 405 g/mol. The highest BCUT2D eigenvalue weighted by molar-refractivity contribution is 5.99. The minimum absolute atomic E-state index is 0.109. The molecule has 156 valence electrons. The van der Waals surface area contributed by atoms with Gasteiger partial charge in [-0.05, 0) is 55.8 Å². The number of fused-ring (bicyclic) bond motifs is 2. The van der Waals surface area contributed by atoms with E-state index < -0.39 is 6.04 Å². The summed E-state index contributed by atoms with van der Waals surface area (Å²) in [6.07, 6.45) is 0. The van der Waals surface area contributed by atoms with E-state index in [-0.39, 0.29) is 17.1 Å². The van der Waals surface area contributed by atoms with Gasteiger partial charge in [-0.1, -0.05) is 44.2 Å². The minimum atomic E-state index is -0.425. The van der Waals surface area contributed by atoms with Crippen molar-refractivity contribution < 1.29 is 9.21 Å². The van der Waals surface area contributed by atoms with Crippen LogP contribution in [0.1, 0.15) is 52.7 Å². The number of amides is 1. The van der Waals surface area contributed by atoms with E-state index in [9.17, 15) is 9.59 Å². The van der Waals surface area contributed by atoms with Crippen molar-refractivity contribution in [3.63, 3.8) is 0 Å². The molecule has 3 aromatic rings. The first-order chi connectivity index (χ1) is 14.5. The molecular weight excluding hydrogens is 376 g/mol. The highest BCUT2D eigenvalue weighted by Crippen LogP contribution is 2.38. The fourth-order valence-corrected chi connectivity index (χ4v) is 4.28. The van der Waals surface area contributed by atoms with Gasteiger partial charge in [-0.15, -0.1) is 0 Å². The van der Waals surface area contributed by atoms with Crippen molar-refractivity contribution in [1.29, 1.82) is 0 Å². The molecule has 1 atom stereocenters. The molecule has 5 heteroatoms. The van der Waals surface area contributed by atoms with Crippen LogP contribution in [-0.2, 0) is 0 Å². The third-order valence-electron chi connectivity index (χ3n) is 6.25. The predicted molar refractivity (Wildman–Crippen MR) is 119 cm³/mol. The van der Waals surface area contributed by atoms with Crippen LogP contribution in [0.4, 0.5) is 0 Å². The van der Waals surface area contributed by atoms with E-state index in [1.807, 2.05) is 56.3 Å². The van der Waals surface area contributed by atoms with Crippen molar-refractivity contribution in [2.24, 2.45) is 0 Å². The van der Waals surface area contributed by atoms with Crippen LogP contribution in [0.3, 0.4) is 0 Å². The standard InChI is InChI=1S/C25H28N2O3/c1-5-26(6-2)12-13-27-22(18-10-8-7-9-11-18)21-23(28)19-14-16(3)17(4)15-20(19)30-24(21)25(27)29/h7-11,14-15,22H,5-6,12-13H2,1-4H3. The summed E-state index contributed by atoms with van der Waals surface area (Å²) in [5.74, 6) is -0.0209. The van der Waals surface area contributed by atoms with Crippen LogP contribution in [0.25, 0.3) is 11.0 Å². The van der Waals surface area contributed by atoms with Crippen LogP contribution in [0, 0.1) is 13.8 Å². The molecule has 2 aromatic carbocycles. The van der Waals surface area contributed by atoms with E-state index >= 15 is 0 Å². The number of hydrogen-bond acceptors (Lipinski definition) is 4. The maximum atomic E-state index is 13.6. The Labute approximate surface area is 176 Å². The van der Waals surface area contributed by atoms with E-state index in [1.165, 1.54) is 0 Å². The SMILES string of the molecule is CCN(CC)CCN1C(=O)c2oc3cc(C)c(C)cc3c(=O)c2C1c1ccccc1. The minimum Gasteiger partial charge on any atom is -0.450 e. The van der Waals surface area contributed by atoms with Crippen molar-refractivity contribution in [2.45, 2.75) is 33.7 Å². The lowest BCUT2D eigenvalue weighted by Crippen LogP contribution is -2.37. The second-order valence-corrected chi connectivity index (χ2v) is 7.95. The van der Waals surface area contributed by atoms with Crippen LogP contribution in [0.15, 0.2) is 51.7 Å². The smallest absolute Gasteiger partial charge is 0.290 e. The normalized spacial score (nSPS) is 16.0. The molecule has 0 bridgehead atoms. The second-order valence-electron chi connectivity index (χ2n) is 7.95. The fourth-order valence-electron chi connectivity index (χ4n) is 4.28. The Hall–Kier alpha value is -2.92. The van der Waals surface area contributed by atoms with Crippen LogP contribution >= 0.6 is 0 Å². The molecule has 0 N–H and O–H groups in total. The van der Waals surface area contributed by atoms with Gasteiger partial charge in [-0.25, -0.2) is 0 Å². The van der Waals surface area contributed by atoms with Crippen molar-refractivity contribution in [3.05, 3.63) is 80.7 Å². The van der Waals surface area contributed by atoms with Crippen LogP contribution in [0.5, 0.6) is 0 Å². The van der Waals surface area contributed by atoms with Crippen LogP contribution in [0.2, 0.25) is 0 Å². The van der Waals surface area contributed by atoms with Crippen LogP contribution < -0.4 is 5.43 Å². The second kappa shape index (κ2) is 8.07. The highest BCUT2D eigenvalue weighted by atomic mass is 16.3. The Kier molecular flexibility index (Phi) is 5.48. The molecule has 1 aromatic heterocycles. The lowest BCUT2D eigenvalue weighted by atomic mass is 9.97. The van der Waals surface area contributed by atoms with Gasteiger partial charge in [0.05, 0.1) is 17.0 Å². The summed E-state index contributed by atoms with van der Waals surface area (Å²) in [7, 11) is 0. The van der Waals surface area contributed by atoms with Gasteiger partial charge in [-0.3, -0.25) is 9.59 Å². The van der Waals surface area contributed by atoms with Gasteiger partial charge in [0.1, 0.15) is 5.58 Å². The van der Waals surface area contributed by atoms with Gasteiger partial charge >= 0.3 is 0 Å². The maximum Gasteiger partial charge on any atom is 0.290 e. The number of carbonyl (C=O) groups excluding carboxylic acids is 1. The van der Waals surface area contributed by atoms with Crippen molar-refractivity contribution in [2.75, 3.05) is 26.2 Å². The first-order valence-corrected chi connectivity index (χ1v) is 10.6. The third-order valence-corrected chi connectivity index (χ3v) is 6.25. The predicted octanol–water partition coefficient (Wildman–Crippen LogP) is 4.30. The Bertz CT molecular complexity index is 1150. The summed E-state index contributed by atoms with van der Waals surface area (Å²) < 4.78 is 6.07. The zero-order chi connectivity index (χ0) is 21.4. The monoisotopic (exact) mass is 404 g/mol. The zero-order valence-corrected chi connectivity index (χ0v) is 18.1. The molecular formula is C25H28N2O3. The molecule has 1 aliphatic heterocycles. The molecule has 4 rings (SSSR count). The maximum absolute atomic E-state index is 13.6. The van der Waals surface area contributed by atoms with Crippen molar-refractivity contribution in [3.8, 4) is 0 Å². The Morgan fingerprint density at radius 1 is 1.00 bits per heavy atom. The molecule has 1 aliphatic rings.